The molecule has 0 saturated carbocycles. The van der Waals surface area contributed by atoms with Gasteiger partial charge in [0.25, 0.3) is 10.0 Å². The predicted octanol–water partition coefficient (Wildman–Crippen LogP) is 3.82. The van der Waals surface area contributed by atoms with Crippen LogP contribution in [0, 0.1) is 5.41 Å². The number of halogens is 3. The second-order valence-electron chi connectivity index (χ2n) is 9.71. The second kappa shape index (κ2) is 8.78. The lowest BCUT2D eigenvalue weighted by atomic mass is 9.94. The molecule has 34 heavy (non-hydrogen) atoms. The fraction of sp³-hybridized carbons (Fsp3) is 0.650. The van der Waals surface area contributed by atoms with E-state index in [0.29, 0.717) is 6.54 Å². The Morgan fingerprint density at radius 1 is 1.24 bits per heavy atom. The van der Waals surface area contributed by atoms with Gasteiger partial charge in [-0.15, -0.1) is 0 Å². The van der Waals surface area contributed by atoms with Gasteiger partial charge >= 0.3 is 12.2 Å². The predicted molar refractivity (Wildman–Crippen MR) is 117 cm³/mol. The number of anilines is 1. The van der Waals surface area contributed by atoms with Crippen LogP contribution in [-0.2, 0) is 23.1 Å². The summed E-state index contributed by atoms with van der Waals surface area (Å²) in [6, 6.07) is -1.13. The molecule has 0 bridgehead atoms. The maximum absolute atomic E-state index is 13.1. The van der Waals surface area contributed by atoms with Crippen LogP contribution in [0.4, 0.5) is 23.7 Å². The summed E-state index contributed by atoms with van der Waals surface area (Å²) in [7, 11) is -4.38. The number of nitrogens with zero attached hydrogens (tertiary/aromatic N) is 4. The van der Waals surface area contributed by atoms with E-state index in [1.807, 2.05) is 18.6 Å². The van der Waals surface area contributed by atoms with Crippen LogP contribution < -0.4 is 14.8 Å². The van der Waals surface area contributed by atoms with Gasteiger partial charge in [0.2, 0.25) is 5.88 Å². The number of amides is 2. The Hall–Kier alpha value is -2.77. The van der Waals surface area contributed by atoms with Crippen LogP contribution in [0.15, 0.2) is 11.1 Å². The lowest BCUT2D eigenvalue weighted by Crippen LogP contribution is -2.36. The molecule has 0 unspecified atom stereocenters. The summed E-state index contributed by atoms with van der Waals surface area (Å²) in [6.07, 6.45) is -3.43. The van der Waals surface area contributed by atoms with Gasteiger partial charge in [-0.2, -0.15) is 23.4 Å². The maximum Gasteiger partial charge on any atom is 0.408 e. The molecule has 3 heterocycles. The smallest absolute Gasteiger partial charge is 0.408 e. The number of aromatic nitrogens is 4. The minimum Gasteiger partial charge on any atom is -0.476 e. The van der Waals surface area contributed by atoms with Gasteiger partial charge in [0, 0.05) is 5.41 Å². The van der Waals surface area contributed by atoms with Crippen LogP contribution in [0.2, 0.25) is 0 Å². The van der Waals surface area contributed by atoms with E-state index in [0.717, 1.165) is 10.9 Å². The van der Waals surface area contributed by atoms with Crippen molar-refractivity contribution in [1.82, 2.24) is 24.3 Å². The van der Waals surface area contributed by atoms with E-state index in [1.165, 1.54) is 4.68 Å². The summed E-state index contributed by atoms with van der Waals surface area (Å²) in [5, 5.41) is 10.5. The Labute approximate surface area is 195 Å². The summed E-state index contributed by atoms with van der Waals surface area (Å²) in [6.45, 7) is 9.98. The van der Waals surface area contributed by atoms with E-state index < -0.39 is 34.7 Å². The lowest BCUT2D eigenvalue weighted by molar-refractivity contribution is -0.143. The normalized spacial score (nSPS) is 15.9. The fourth-order valence-electron chi connectivity index (χ4n) is 3.73. The van der Waals surface area contributed by atoms with E-state index in [2.05, 4.69) is 15.5 Å². The molecular weight excluding hydrogens is 477 g/mol. The number of hydrogen-bond donors (Lipinski definition) is 2. The molecule has 0 spiro atoms. The number of hydrogen-bond acceptors (Lipinski definition) is 6. The molecule has 1 aliphatic rings. The van der Waals surface area contributed by atoms with E-state index in [4.69, 9.17) is 4.74 Å². The number of alkyl halides is 3. The summed E-state index contributed by atoms with van der Waals surface area (Å²) in [5.74, 6) is -0.754. The van der Waals surface area contributed by atoms with Crippen LogP contribution in [0.25, 0.3) is 0 Å². The zero-order valence-corrected chi connectivity index (χ0v) is 20.6. The molecule has 0 fully saturated rings. The Balaban J connectivity index is 1.89. The van der Waals surface area contributed by atoms with Crippen LogP contribution >= 0.6 is 0 Å². The monoisotopic (exact) mass is 506 g/mol. The van der Waals surface area contributed by atoms with E-state index in [1.54, 1.807) is 27.7 Å². The summed E-state index contributed by atoms with van der Waals surface area (Å²) in [4.78, 5) is 12.4. The van der Waals surface area contributed by atoms with Gasteiger partial charge < -0.3 is 10.1 Å². The average Bonchev–Trinajstić information content (AvgIpc) is 3.20. The number of rotatable bonds is 6. The van der Waals surface area contributed by atoms with Crippen molar-refractivity contribution in [3.8, 4) is 5.88 Å². The number of carbonyl (C=O) groups excluding carboxylic acids is 1. The summed E-state index contributed by atoms with van der Waals surface area (Å²) in [5.41, 5.74) is 0.162. The Bertz CT molecular complexity index is 1180. The number of urea groups is 1. The van der Waals surface area contributed by atoms with Crippen molar-refractivity contribution in [2.45, 2.75) is 77.5 Å². The first-order valence-corrected chi connectivity index (χ1v) is 12.2. The molecule has 2 aromatic heterocycles. The molecule has 2 aromatic rings. The molecule has 0 atom stereocenters. The van der Waals surface area contributed by atoms with E-state index >= 15 is 0 Å². The van der Waals surface area contributed by atoms with Crippen LogP contribution in [-0.4, -0.2) is 46.8 Å². The first kappa shape index (κ1) is 25.8. The van der Waals surface area contributed by atoms with Crippen molar-refractivity contribution in [2.24, 2.45) is 5.41 Å². The fourth-order valence-corrected chi connectivity index (χ4v) is 4.72. The van der Waals surface area contributed by atoms with Crippen molar-refractivity contribution < 1.29 is 31.1 Å². The number of sulfonamides is 1. The summed E-state index contributed by atoms with van der Waals surface area (Å²) < 4.78 is 74.7. The molecule has 3 rings (SSSR count). The molecule has 0 radical (unpaired) electrons. The molecule has 10 nitrogen and oxygen atoms in total. The molecule has 0 aromatic carbocycles. The van der Waals surface area contributed by atoms with Gasteiger partial charge in [0.15, 0.2) is 4.90 Å². The largest absolute Gasteiger partial charge is 0.476 e. The van der Waals surface area contributed by atoms with Gasteiger partial charge in [-0.25, -0.2) is 22.6 Å². The highest BCUT2D eigenvalue weighted by Gasteiger charge is 2.35. The maximum atomic E-state index is 13.1. The molecule has 0 saturated heterocycles. The van der Waals surface area contributed by atoms with Gasteiger partial charge in [-0.05, 0) is 11.8 Å². The highest BCUT2D eigenvalue weighted by molar-refractivity contribution is 7.90. The highest BCUT2D eigenvalue weighted by Crippen LogP contribution is 2.35. The van der Waals surface area contributed by atoms with Gasteiger partial charge in [0.1, 0.15) is 6.54 Å². The molecule has 14 heteroatoms. The first-order chi connectivity index (χ1) is 15.5. The molecule has 190 valence electrons. The third kappa shape index (κ3) is 5.47. The van der Waals surface area contributed by atoms with Crippen molar-refractivity contribution in [3.63, 3.8) is 0 Å². The zero-order valence-electron chi connectivity index (χ0n) is 19.8. The Kier molecular flexibility index (Phi) is 6.68. The second-order valence-corrected chi connectivity index (χ2v) is 11.4. The third-order valence-electron chi connectivity index (χ3n) is 5.13. The number of ether oxygens (including phenoxy) is 1. The third-order valence-corrected chi connectivity index (χ3v) is 6.45. The van der Waals surface area contributed by atoms with Crippen molar-refractivity contribution in [2.75, 3.05) is 11.9 Å². The Morgan fingerprint density at radius 2 is 1.88 bits per heavy atom. The number of carbonyl (C=O) groups is 1. The van der Waals surface area contributed by atoms with Crippen molar-refractivity contribution >= 4 is 21.7 Å². The number of fused-ring (bicyclic) bond motifs is 1. The van der Waals surface area contributed by atoms with Crippen molar-refractivity contribution in [3.05, 3.63) is 17.6 Å². The molecule has 2 amide bonds. The van der Waals surface area contributed by atoms with Gasteiger partial charge in [-0.1, -0.05) is 41.5 Å². The molecular formula is C20H29F3N6O4S. The van der Waals surface area contributed by atoms with E-state index in [-0.39, 0.29) is 45.8 Å². The minimum absolute atomic E-state index is 0.0170. The van der Waals surface area contributed by atoms with Gasteiger partial charge in [0.05, 0.1) is 36.4 Å². The highest BCUT2D eigenvalue weighted by atomic mass is 32.2. The van der Waals surface area contributed by atoms with Gasteiger partial charge in [-0.3, -0.25) is 4.68 Å². The first-order valence-electron chi connectivity index (χ1n) is 10.7. The zero-order chi connectivity index (χ0) is 25.6. The quantitative estimate of drug-likeness (QED) is 0.615. The van der Waals surface area contributed by atoms with Crippen LogP contribution in [0.5, 0.6) is 5.88 Å². The molecule has 0 aliphatic carbocycles. The van der Waals surface area contributed by atoms with Crippen molar-refractivity contribution in [1.29, 1.82) is 0 Å². The lowest BCUT2D eigenvalue weighted by Gasteiger charge is -2.30. The molecule has 1 aliphatic heterocycles. The topological polar surface area (TPSA) is 120 Å². The minimum atomic E-state index is -4.52. The van der Waals surface area contributed by atoms with E-state index in [9.17, 15) is 26.4 Å². The molecule has 2 N–H and O–H groups in total. The number of nitrogens with one attached hydrogen (secondary N) is 2. The SMILES string of the molecule is CC(C)c1nn(CC(F)(F)F)c(C(C)C)c1NC(=O)NS(=O)(=O)c1cnn2c1OCC(C)(C)C2. The summed E-state index contributed by atoms with van der Waals surface area (Å²) >= 11 is 0. The standard InChI is InChI=1S/C20H29F3N6O4S/c1-11(2)14-15(16(12(3)4)28(26-14)9-20(21,22)23)25-18(30)27-34(31,32)13-7-24-29-8-19(5,6)10-33-17(13)29/h7,11-12H,8-10H2,1-6H3,(H2,25,27,30). The average molecular weight is 507 g/mol. The Morgan fingerprint density at radius 3 is 2.44 bits per heavy atom. The van der Waals surface area contributed by atoms with Crippen LogP contribution in [0.1, 0.15) is 64.8 Å². The van der Waals surface area contributed by atoms with Crippen LogP contribution in [0.3, 0.4) is 0 Å².